The maximum Gasteiger partial charge on any atom is 0.264 e. The van der Waals surface area contributed by atoms with Gasteiger partial charge in [-0.15, -0.1) is 5.10 Å². The SMILES string of the molecule is Cc1cc2c(cnn2-c2ccc(F)cc2)cc1C1CN(S(=O)(=O)c2cnn(C)n2)CCN1C(=O)C(C)(C)F. The molecule has 13 heteroatoms. The predicted molar refractivity (Wildman–Crippen MR) is 135 cm³/mol. The molecular formula is C25H27F2N7O3S. The van der Waals surface area contributed by atoms with Gasteiger partial charge < -0.3 is 4.90 Å². The Morgan fingerprint density at radius 3 is 2.42 bits per heavy atom. The largest absolute Gasteiger partial charge is 0.330 e. The highest BCUT2D eigenvalue weighted by Gasteiger charge is 2.42. The molecule has 2 aromatic heterocycles. The smallest absolute Gasteiger partial charge is 0.264 e. The van der Waals surface area contributed by atoms with E-state index in [1.54, 1.807) is 23.0 Å². The average molecular weight is 544 g/mol. The lowest BCUT2D eigenvalue weighted by molar-refractivity contribution is -0.146. The lowest BCUT2D eigenvalue weighted by atomic mass is 9.95. The minimum atomic E-state index is -4.00. The number of carbonyl (C=O) groups is 1. The average Bonchev–Trinajstić information content (AvgIpc) is 3.49. The van der Waals surface area contributed by atoms with Crippen LogP contribution in [0.4, 0.5) is 8.78 Å². The molecule has 0 radical (unpaired) electrons. The van der Waals surface area contributed by atoms with Crippen LogP contribution >= 0.6 is 0 Å². The molecule has 4 aromatic rings. The summed E-state index contributed by atoms with van der Waals surface area (Å²) in [6.45, 7) is 4.13. The highest BCUT2D eigenvalue weighted by molar-refractivity contribution is 7.89. The van der Waals surface area contributed by atoms with Crippen LogP contribution in [0, 0.1) is 12.7 Å². The molecule has 0 N–H and O–H groups in total. The van der Waals surface area contributed by atoms with E-state index in [9.17, 15) is 22.0 Å². The van der Waals surface area contributed by atoms with E-state index >= 15 is 0 Å². The normalized spacial score (nSPS) is 17.3. The molecule has 10 nitrogen and oxygen atoms in total. The number of alkyl halides is 1. The molecular weight excluding hydrogens is 516 g/mol. The van der Waals surface area contributed by atoms with Crippen LogP contribution in [-0.2, 0) is 21.9 Å². The molecule has 5 rings (SSSR count). The number of carbonyl (C=O) groups excluding carboxylic acids is 1. The maximum absolute atomic E-state index is 14.8. The Balaban J connectivity index is 1.57. The molecule has 1 amide bonds. The number of fused-ring (bicyclic) bond motifs is 1. The van der Waals surface area contributed by atoms with E-state index < -0.39 is 27.6 Å². The Bertz CT molecular complexity index is 1620. The first kappa shape index (κ1) is 25.9. The van der Waals surface area contributed by atoms with Crippen LogP contribution in [0.25, 0.3) is 16.6 Å². The van der Waals surface area contributed by atoms with Gasteiger partial charge in [0.1, 0.15) is 5.82 Å². The molecule has 3 heterocycles. The number of aromatic nitrogens is 5. The van der Waals surface area contributed by atoms with Crippen molar-refractivity contribution >= 4 is 26.8 Å². The Kier molecular flexibility index (Phi) is 6.30. The van der Waals surface area contributed by atoms with Crippen LogP contribution in [0.1, 0.15) is 31.0 Å². The second-order valence-electron chi connectivity index (χ2n) is 9.82. The Hall–Kier alpha value is -3.71. The molecule has 0 bridgehead atoms. The van der Waals surface area contributed by atoms with Crippen molar-refractivity contribution in [1.82, 2.24) is 34.0 Å². The molecule has 200 valence electrons. The molecule has 1 fully saturated rings. The van der Waals surface area contributed by atoms with Gasteiger partial charge in [-0.05, 0) is 68.3 Å². The molecule has 1 atom stereocenters. The van der Waals surface area contributed by atoms with E-state index in [1.807, 2.05) is 19.1 Å². The van der Waals surface area contributed by atoms with E-state index in [-0.39, 0.29) is 30.5 Å². The van der Waals surface area contributed by atoms with Crippen molar-refractivity contribution in [2.75, 3.05) is 19.6 Å². The number of hydrogen-bond donors (Lipinski definition) is 0. The highest BCUT2D eigenvalue weighted by Crippen LogP contribution is 2.35. The first-order valence-corrected chi connectivity index (χ1v) is 13.4. The zero-order valence-corrected chi connectivity index (χ0v) is 22.2. The van der Waals surface area contributed by atoms with Crippen LogP contribution in [0.2, 0.25) is 0 Å². The third kappa shape index (κ3) is 4.56. The monoisotopic (exact) mass is 543 g/mol. The predicted octanol–water partition coefficient (Wildman–Crippen LogP) is 2.92. The van der Waals surface area contributed by atoms with Gasteiger partial charge in [0, 0.05) is 32.1 Å². The van der Waals surface area contributed by atoms with Crippen molar-refractivity contribution in [3.8, 4) is 5.69 Å². The minimum absolute atomic E-state index is 0.00264. The highest BCUT2D eigenvalue weighted by atomic mass is 32.2. The van der Waals surface area contributed by atoms with E-state index in [0.717, 1.165) is 21.3 Å². The van der Waals surface area contributed by atoms with Crippen molar-refractivity contribution in [2.45, 2.75) is 37.5 Å². The quantitative estimate of drug-likeness (QED) is 0.383. The first-order chi connectivity index (χ1) is 17.9. The van der Waals surface area contributed by atoms with Gasteiger partial charge in [-0.2, -0.15) is 19.3 Å². The minimum Gasteiger partial charge on any atom is -0.330 e. The van der Waals surface area contributed by atoms with Gasteiger partial charge in [-0.1, -0.05) is 0 Å². The lowest BCUT2D eigenvalue weighted by Crippen LogP contribution is -2.55. The maximum atomic E-state index is 14.8. The van der Waals surface area contributed by atoms with Gasteiger partial charge in [0.15, 0.2) is 5.67 Å². The second-order valence-corrected chi connectivity index (χ2v) is 11.7. The van der Waals surface area contributed by atoms with Crippen LogP contribution in [0.5, 0.6) is 0 Å². The van der Waals surface area contributed by atoms with E-state index in [2.05, 4.69) is 15.3 Å². The second kappa shape index (κ2) is 9.24. The summed E-state index contributed by atoms with van der Waals surface area (Å²) >= 11 is 0. The van der Waals surface area contributed by atoms with Crippen molar-refractivity contribution in [3.05, 3.63) is 65.7 Å². The van der Waals surface area contributed by atoms with Crippen molar-refractivity contribution in [2.24, 2.45) is 7.05 Å². The van der Waals surface area contributed by atoms with Gasteiger partial charge in [-0.25, -0.2) is 21.9 Å². The summed E-state index contributed by atoms with van der Waals surface area (Å²) in [5, 5.41) is 12.8. The molecule has 2 aromatic carbocycles. The molecule has 38 heavy (non-hydrogen) atoms. The number of benzene rings is 2. The van der Waals surface area contributed by atoms with Crippen LogP contribution in [0.15, 0.2) is 53.8 Å². The van der Waals surface area contributed by atoms with Crippen molar-refractivity contribution in [3.63, 3.8) is 0 Å². The third-order valence-electron chi connectivity index (χ3n) is 6.68. The van der Waals surface area contributed by atoms with Gasteiger partial charge in [0.2, 0.25) is 5.03 Å². The van der Waals surface area contributed by atoms with Gasteiger partial charge in [0.25, 0.3) is 15.9 Å². The summed E-state index contributed by atoms with van der Waals surface area (Å²) in [5.41, 5.74) is 0.715. The van der Waals surface area contributed by atoms with E-state index in [4.69, 9.17) is 0 Å². The van der Waals surface area contributed by atoms with Crippen LogP contribution < -0.4 is 0 Å². The number of halogens is 2. The molecule has 0 spiro atoms. The first-order valence-electron chi connectivity index (χ1n) is 12.0. The van der Waals surface area contributed by atoms with Crippen LogP contribution in [0.3, 0.4) is 0 Å². The zero-order chi connectivity index (χ0) is 27.4. The number of piperazine rings is 1. The number of hydrogen-bond acceptors (Lipinski definition) is 6. The Morgan fingerprint density at radius 1 is 1.08 bits per heavy atom. The molecule has 1 aliphatic heterocycles. The summed E-state index contributed by atoms with van der Waals surface area (Å²) < 4.78 is 57.8. The molecule has 1 aliphatic rings. The zero-order valence-electron chi connectivity index (χ0n) is 21.3. The summed E-state index contributed by atoms with van der Waals surface area (Å²) in [6, 6.07) is 8.89. The number of amides is 1. The molecule has 1 unspecified atom stereocenters. The van der Waals surface area contributed by atoms with Gasteiger partial charge in [0.05, 0.1) is 29.6 Å². The van der Waals surface area contributed by atoms with E-state index in [0.29, 0.717) is 11.3 Å². The van der Waals surface area contributed by atoms with Gasteiger partial charge in [-0.3, -0.25) is 4.79 Å². The van der Waals surface area contributed by atoms with Crippen molar-refractivity contribution < 1.29 is 22.0 Å². The molecule has 0 saturated carbocycles. The molecule has 1 saturated heterocycles. The van der Waals surface area contributed by atoms with E-state index in [1.165, 1.54) is 48.4 Å². The summed E-state index contributed by atoms with van der Waals surface area (Å²) in [6.07, 6.45) is 2.82. The van der Waals surface area contributed by atoms with Crippen molar-refractivity contribution in [1.29, 1.82) is 0 Å². The number of aryl methyl sites for hydroxylation is 2. The number of rotatable bonds is 5. The lowest BCUT2D eigenvalue weighted by Gasteiger charge is -2.42. The fourth-order valence-corrected chi connectivity index (χ4v) is 6.07. The van der Waals surface area contributed by atoms with Gasteiger partial charge >= 0.3 is 0 Å². The summed E-state index contributed by atoms with van der Waals surface area (Å²) in [7, 11) is -2.48. The summed E-state index contributed by atoms with van der Waals surface area (Å²) in [4.78, 5) is 15.7. The number of nitrogens with zero attached hydrogens (tertiary/aromatic N) is 7. The molecule has 0 aliphatic carbocycles. The number of sulfonamides is 1. The fraction of sp³-hybridized carbons (Fsp3) is 0.360. The Labute approximate surface area is 218 Å². The third-order valence-corrected chi connectivity index (χ3v) is 8.41. The Morgan fingerprint density at radius 2 is 1.79 bits per heavy atom. The van der Waals surface area contributed by atoms with Crippen LogP contribution in [-0.4, -0.2) is 73.6 Å². The standard InChI is InChI=1S/C25H27F2N7O3S/c1-16-11-21-17(13-29-34(21)19-7-5-18(26)6-8-19)12-20(16)22-15-32(9-10-33(22)24(35)25(2,3)27)38(36,37)23-14-28-31(4)30-23/h5-8,11-14,22H,9-10,15H2,1-4H3. The fourth-order valence-electron chi connectivity index (χ4n) is 4.75. The topological polar surface area (TPSA) is 106 Å². The summed E-state index contributed by atoms with van der Waals surface area (Å²) in [5.74, 6) is -1.08.